The molecule has 0 aromatic carbocycles. The summed E-state index contributed by atoms with van der Waals surface area (Å²) in [5.74, 6) is 0.281. The highest BCUT2D eigenvalue weighted by Crippen LogP contribution is 2.22. The quantitative estimate of drug-likeness (QED) is 0.753. The average Bonchev–Trinajstić information content (AvgIpc) is 2.36. The summed E-state index contributed by atoms with van der Waals surface area (Å²) >= 11 is 0. The molecule has 0 aliphatic carbocycles. The van der Waals surface area contributed by atoms with Gasteiger partial charge >= 0.3 is 0 Å². The van der Waals surface area contributed by atoms with Crippen LogP contribution in [-0.2, 0) is 9.53 Å². The van der Waals surface area contributed by atoms with Crippen molar-refractivity contribution in [2.75, 3.05) is 26.3 Å². The van der Waals surface area contributed by atoms with Gasteiger partial charge in [-0.25, -0.2) is 0 Å². The molecule has 112 valence electrons. The largest absolute Gasteiger partial charge is 0.396 e. The molecule has 0 atom stereocenters. The number of aliphatic hydroxyl groups excluding tert-OH is 1. The molecule has 1 rings (SSSR count). The molecule has 1 amide bonds. The normalized spacial score (nSPS) is 17.8. The number of hydrogen-bond acceptors (Lipinski definition) is 3. The minimum absolute atomic E-state index is 0.185. The number of carbonyl (C=O) groups excluding carboxylic acids is 1. The monoisotopic (exact) mass is 271 g/mol. The first-order chi connectivity index (χ1) is 8.92. The third-order valence-electron chi connectivity index (χ3n) is 3.54. The van der Waals surface area contributed by atoms with Crippen molar-refractivity contribution >= 4 is 5.91 Å². The first-order valence-corrected chi connectivity index (χ1v) is 7.42. The molecular weight excluding hydrogens is 242 g/mol. The second-order valence-electron chi connectivity index (χ2n) is 6.59. The first kappa shape index (κ1) is 16.4. The minimum Gasteiger partial charge on any atom is -0.396 e. The van der Waals surface area contributed by atoms with Crippen LogP contribution in [-0.4, -0.2) is 48.3 Å². The zero-order valence-corrected chi connectivity index (χ0v) is 12.7. The summed E-state index contributed by atoms with van der Waals surface area (Å²) in [7, 11) is 0. The van der Waals surface area contributed by atoms with Crippen molar-refractivity contribution in [3.05, 3.63) is 0 Å². The molecule has 1 heterocycles. The molecule has 1 aliphatic rings. The smallest absolute Gasteiger partial charge is 0.222 e. The molecule has 0 aromatic heterocycles. The number of aliphatic hydroxyl groups is 1. The van der Waals surface area contributed by atoms with E-state index in [1.54, 1.807) is 0 Å². The maximum Gasteiger partial charge on any atom is 0.222 e. The van der Waals surface area contributed by atoms with Crippen molar-refractivity contribution in [2.24, 2.45) is 5.41 Å². The average molecular weight is 271 g/mol. The molecule has 4 nitrogen and oxygen atoms in total. The Hall–Kier alpha value is -0.610. The highest BCUT2D eigenvalue weighted by molar-refractivity contribution is 5.76. The van der Waals surface area contributed by atoms with E-state index in [9.17, 15) is 4.79 Å². The molecule has 4 heteroatoms. The van der Waals surface area contributed by atoms with Crippen LogP contribution < -0.4 is 0 Å². The minimum atomic E-state index is 0.185. The summed E-state index contributed by atoms with van der Waals surface area (Å²) in [6.45, 7) is 8.94. The van der Waals surface area contributed by atoms with E-state index in [4.69, 9.17) is 9.84 Å². The van der Waals surface area contributed by atoms with Gasteiger partial charge in [-0.1, -0.05) is 20.8 Å². The summed E-state index contributed by atoms with van der Waals surface area (Å²) in [5.41, 5.74) is 0.224. The highest BCUT2D eigenvalue weighted by atomic mass is 16.5. The predicted octanol–water partition coefficient (Wildman–Crippen LogP) is 2.20. The van der Waals surface area contributed by atoms with E-state index in [0.717, 1.165) is 32.4 Å². The van der Waals surface area contributed by atoms with Gasteiger partial charge in [-0.3, -0.25) is 4.79 Å². The second kappa shape index (κ2) is 7.85. The number of ether oxygens (including phenoxy) is 1. The van der Waals surface area contributed by atoms with Gasteiger partial charge in [0.25, 0.3) is 0 Å². The predicted molar refractivity (Wildman–Crippen MR) is 75.9 cm³/mol. The van der Waals surface area contributed by atoms with Gasteiger partial charge in [0.1, 0.15) is 0 Å². The van der Waals surface area contributed by atoms with Crippen molar-refractivity contribution in [1.82, 2.24) is 4.90 Å². The Morgan fingerprint density at radius 1 is 1.32 bits per heavy atom. The summed E-state index contributed by atoms with van der Waals surface area (Å²) < 4.78 is 5.67. The third kappa shape index (κ3) is 6.92. The molecule has 0 spiro atoms. The van der Waals surface area contributed by atoms with Crippen molar-refractivity contribution in [1.29, 1.82) is 0 Å². The van der Waals surface area contributed by atoms with E-state index in [1.165, 1.54) is 0 Å². The van der Waals surface area contributed by atoms with Gasteiger partial charge in [0.2, 0.25) is 5.91 Å². The van der Waals surface area contributed by atoms with Gasteiger partial charge in [-0.05, 0) is 31.1 Å². The van der Waals surface area contributed by atoms with Crippen LogP contribution >= 0.6 is 0 Å². The number of hydrogen-bond donors (Lipinski definition) is 1. The number of piperidine rings is 1. The number of likely N-dealkylation sites (tertiary alicyclic amines) is 1. The van der Waals surface area contributed by atoms with Crippen LogP contribution in [0.15, 0.2) is 0 Å². The molecule has 0 saturated carbocycles. The van der Waals surface area contributed by atoms with E-state index in [2.05, 4.69) is 20.8 Å². The van der Waals surface area contributed by atoms with Crippen molar-refractivity contribution in [3.8, 4) is 0 Å². The van der Waals surface area contributed by atoms with Gasteiger partial charge in [-0.2, -0.15) is 0 Å². The molecule has 0 bridgehead atoms. The summed E-state index contributed by atoms with van der Waals surface area (Å²) in [4.78, 5) is 14.0. The van der Waals surface area contributed by atoms with Gasteiger partial charge in [0.05, 0.1) is 6.10 Å². The van der Waals surface area contributed by atoms with Gasteiger partial charge in [-0.15, -0.1) is 0 Å². The molecular formula is C15H29NO3. The maximum atomic E-state index is 12.1. The molecule has 1 N–H and O–H groups in total. The van der Waals surface area contributed by atoms with E-state index in [1.807, 2.05) is 4.90 Å². The lowest BCUT2D eigenvalue weighted by Crippen LogP contribution is -2.41. The van der Waals surface area contributed by atoms with Gasteiger partial charge < -0.3 is 14.7 Å². The number of nitrogens with zero attached hydrogens (tertiary/aromatic N) is 1. The second-order valence-corrected chi connectivity index (χ2v) is 6.59. The van der Waals surface area contributed by atoms with Gasteiger partial charge in [0.15, 0.2) is 0 Å². The number of rotatable bonds is 6. The van der Waals surface area contributed by atoms with E-state index < -0.39 is 0 Å². The van der Waals surface area contributed by atoms with Crippen LogP contribution in [0.5, 0.6) is 0 Å². The highest BCUT2D eigenvalue weighted by Gasteiger charge is 2.24. The Bertz CT molecular complexity index is 265. The molecule has 1 fully saturated rings. The fourth-order valence-electron chi connectivity index (χ4n) is 2.23. The molecule has 19 heavy (non-hydrogen) atoms. The number of carbonyl (C=O) groups is 1. The SMILES string of the molecule is CC(C)(C)CCC(=O)N1CCC(OCCCO)CC1. The fraction of sp³-hybridized carbons (Fsp3) is 0.933. The Kier molecular flexibility index (Phi) is 6.80. The first-order valence-electron chi connectivity index (χ1n) is 7.42. The van der Waals surface area contributed by atoms with Crippen LogP contribution in [0.1, 0.15) is 52.9 Å². The standard InChI is InChI=1S/C15H29NO3/c1-15(2,3)8-5-14(18)16-9-6-13(7-10-16)19-12-4-11-17/h13,17H,4-12H2,1-3H3. The summed E-state index contributed by atoms with van der Waals surface area (Å²) in [6, 6.07) is 0. The van der Waals surface area contributed by atoms with Gasteiger partial charge in [0, 0.05) is 32.7 Å². The van der Waals surface area contributed by atoms with Crippen molar-refractivity contribution in [2.45, 2.75) is 59.0 Å². The lowest BCUT2D eigenvalue weighted by Gasteiger charge is -2.32. The molecule has 0 radical (unpaired) electrons. The lowest BCUT2D eigenvalue weighted by molar-refractivity contribution is -0.134. The topological polar surface area (TPSA) is 49.8 Å². The van der Waals surface area contributed by atoms with Crippen LogP contribution in [0.4, 0.5) is 0 Å². The third-order valence-corrected chi connectivity index (χ3v) is 3.54. The zero-order valence-electron chi connectivity index (χ0n) is 12.7. The van der Waals surface area contributed by atoms with Crippen LogP contribution in [0.3, 0.4) is 0 Å². The van der Waals surface area contributed by atoms with Crippen molar-refractivity contribution < 1.29 is 14.6 Å². The summed E-state index contributed by atoms with van der Waals surface area (Å²) in [5, 5.41) is 8.70. The van der Waals surface area contributed by atoms with Crippen LogP contribution in [0.2, 0.25) is 0 Å². The molecule has 0 unspecified atom stereocenters. The molecule has 0 aromatic rings. The van der Waals surface area contributed by atoms with E-state index >= 15 is 0 Å². The Morgan fingerprint density at radius 2 is 1.95 bits per heavy atom. The van der Waals surface area contributed by atoms with E-state index in [-0.39, 0.29) is 24.0 Å². The zero-order chi connectivity index (χ0) is 14.3. The Labute approximate surface area is 117 Å². The number of amides is 1. The van der Waals surface area contributed by atoms with Crippen molar-refractivity contribution in [3.63, 3.8) is 0 Å². The maximum absolute atomic E-state index is 12.1. The summed E-state index contributed by atoms with van der Waals surface area (Å²) in [6.07, 6.45) is 4.40. The lowest BCUT2D eigenvalue weighted by atomic mass is 9.90. The van der Waals surface area contributed by atoms with Crippen LogP contribution in [0, 0.1) is 5.41 Å². The molecule has 1 saturated heterocycles. The van der Waals surface area contributed by atoms with E-state index in [0.29, 0.717) is 19.4 Å². The Balaban J connectivity index is 2.20. The molecule has 1 aliphatic heterocycles. The Morgan fingerprint density at radius 3 is 2.47 bits per heavy atom. The van der Waals surface area contributed by atoms with Crippen LogP contribution in [0.25, 0.3) is 0 Å². The fourth-order valence-corrected chi connectivity index (χ4v) is 2.23.